The molecule has 74 valence electrons. The maximum atomic E-state index is 4.03. The molecule has 0 saturated carbocycles. The van der Waals surface area contributed by atoms with Gasteiger partial charge in [0, 0.05) is 37.9 Å². The lowest BCUT2D eigenvalue weighted by Gasteiger charge is -2.03. The highest BCUT2D eigenvalue weighted by atomic mass is 15.1. The van der Waals surface area contributed by atoms with Crippen molar-refractivity contribution in [1.29, 1.82) is 0 Å². The highest BCUT2D eigenvalue weighted by molar-refractivity contribution is 5.26. The highest BCUT2D eigenvalue weighted by Crippen LogP contribution is 1.95. The minimum atomic E-state index is 0.784. The third kappa shape index (κ3) is 2.25. The highest BCUT2D eigenvalue weighted by Gasteiger charge is 1.93. The molecule has 6 heteroatoms. The van der Waals surface area contributed by atoms with Gasteiger partial charge in [-0.25, -0.2) is 9.97 Å². The average molecular weight is 192 g/mol. The maximum Gasteiger partial charge on any atom is 0.200 e. The number of hydrogen-bond acceptors (Lipinski definition) is 4. The first-order valence-electron chi connectivity index (χ1n) is 4.41. The summed E-state index contributed by atoms with van der Waals surface area (Å²) in [6, 6.07) is 0. The molecule has 0 unspecified atom stereocenters. The van der Waals surface area contributed by atoms with Crippen LogP contribution in [0.4, 0.5) is 11.9 Å². The summed E-state index contributed by atoms with van der Waals surface area (Å²) >= 11 is 0. The van der Waals surface area contributed by atoms with Crippen LogP contribution in [-0.4, -0.2) is 33.0 Å². The Morgan fingerprint density at radius 3 is 1.79 bits per heavy atom. The number of nitrogens with zero attached hydrogens (tertiary/aromatic N) is 2. The first-order valence-corrected chi connectivity index (χ1v) is 4.41. The van der Waals surface area contributed by atoms with Crippen molar-refractivity contribution in [2.24, 2.45) is 0 Å². The fraction of sp³-hybridized carbons (Fsp3) is 0.250. The fourth-order valence-electron chi connectivity index (χ4n) is 1.09. The van der Waals surface area contributed by atoms with E-state index in [2.05, 4.69) is 30.6 Å². The summed E-state index contributed by atoms with van der Waals surface area (Å²) in [5.74, 6) is 1.57. The SMILES string of the molecule is c1c[nH]c(NCCNc2ncc[nH]2)n1. The molecule has 2 aromatic heterocycles. The van der Waals surface area contributed by atoms with Crippen LogP contribution >= 0.6 is 0 Å². The zero-order valence-corrected chi connectivity index (χ0v) is 7.62. The zero-order valence-electron chi connectivity index (χ0n) is 7.62. The third-order valence-corrected chi connectivity index (χ3v) is 1.71. The molecule has 2 rings (SSSR count). The van der Waals surface area contributed by atoms with E-state index in [1.165, 1.54) is 0 Å². The smallest absolute Gasteiger partial charge is 0.200 e. The van der Waals surface area contributed by atoms with E-state index >= 15 is 0 Å². The van der Waals surface area contributed by atoms with Gasteiger partial charge in [0.25, 0.3) is 0 Å². The number of aromatic nitrogens is 4. The normalized spacial score (nSPS) is 10.0. The molecule has 0 bridgehead atoms. The van der Waals surface area contributed by atoms with Crippen molar-refractivity contribution in [3.63, 3.8) is 0 Å². The van der Waals surface area contributed by atoms with Crippen molar-refractivity contribution < 1.29 is 0 Å². The first kappa shape index (κ1) is 8.61. The Bertz CT molecular complexity index is 302. The largest absolute Gasteiger partial charge is 0.354 e. The summed E-state index contributed by atoms with van der Waals surface area (Å²) in [5.41, 5.74) is 0. The lowest BCUT2D eigenvalue weighted by atomic mass is 10.6. The van der Waals surface area contributed by atoms with E-state index in [0.29, 0.717) is 0 Å². The van der Waals surface area contributed by atoms with E-state index in [0.717, 1.165) is 25.0 Å². The van der Waals surface area contributed by atoms with Crippen LogP contribution in [0.25, 0.3) is 0 Å². The minimum absolute atomic E-state index is 0.784. The van der Waals surface area contributed by atoms with Gasteiger partial charge in [0.15, 0.2) is 11.9 Å². The Morgan fingerprint density at radius 2 is 1.43 bits per heavy atom. The van der Waals surface area contributed by atoms with Crippen LogP contribution in [0.1, 0.15) is 0 Å². The molecule has 0 aliphatic rings. The van der Waals surface area contributed by atoms with Crippen molar-refractivity contribution in [2.75, 3.05) is 23.7 Å². The van der Waals surface area contributed by atoms with Crippen molar-refractivity contribution in [3.05, 3.63) is 24.8 Å². The van der Waals surface area contributed by atoms with Crippen molar-refractivity contribution in [1.82, 2.24) is 19.9 Å². The monoisotopic (exact) mass is 192 g/mol. The van der Waals surface area contributed by atoms with Gasteiger partial charge in [-0.2, -0.15) is 0 Å². The van der Waals surface area contributed by atoms with E-state index in [1.807, 2.05) is 0 Å². The predicted molar refractivity (Wildman–Crippen MR) is 54.2 cm³/mol. The number of rotatable bonds is 5. The lowest BCUT2D eigenvalue weighted by Crippen LogP contribution is -2.14. The van der Waals surface area contributed by atoms with E-state index in [1.54, 1.807) is 24.8 Å². The second kappa shape index (κ2) is 4.31. The summed E-state index contributed by atoms with van der Waals surface area (Å²) in [4.78, 5) is 14.0. The Morgan fingerprint density at radius 1 is 0.929 bits per heavy atom. The third-order valence-electron chi connectivity index (χ3n) is 1.71. The Kier molecular flexibility index (Phi) is 2.65. The average Bonchev–Trinajstić information content (AvgIpc) is 2.86. The van der Waals surface area contributed by atoms with Gasteiger partial charge in [-0.1, -0.05) is 0 Å². The molecule has 0 atom stereocenters. The van der Waals surface area contributed by atoms with Gasteiger partial charge in [-0.3, -0.25) is 0 Å². The Hall–Kier alpha value is -1.98. The second-order valence-electron chi connectivity index (χ2n) is 2.73. The van der Waals surface area contributed by atoms with Crippen LogP contribution in [-0.2, 0) is 0 Å². The van der Waals surface area contributed by atoms with Crippen LogP contribution in [0.2, 0.25) is 0 Å². The Labute approximate surface area is 81.2 Å². The number of imidazole rings is 2. The molecule has 0 aliphatic carbocycles. The number of aromatic amines is 2. The molecule has 0 aromatic carbocycles. The van der Waals surface area contributed by atoms with E-state index in [4.69, 9.17) is 0 Å². The number of nitrogens with one attached hydrogen (secondary N) is 4. The summed E-state index contributed by atoms with van der Waals surface area (Å²) in [6.45, 7) is 1.57. The quantitative estimate of drug-likeness (QED) is 0.524. The van der Waals surface area contributed by atoms with Gasteiger partial charge >= 0.3 is 0 Å². The summed E-state index contributed by atoms with van der Waals surface area (Å²) in [6.07, 6.45) is 6.98. The molecular weight excluding hydrogens is 180 g/mol. The van der Waals surface area contributed by atoms with Gasteiger partial charge in [0.1, 0.15) is 0 Å². The van der Waals surface area contributed by atoms with Crippen molar-refractivity contribution >= 4 is 11.9 Å². The van der Waals surface area contributed by atoms with E-state index in [-0.39, 0.29) is 0 Å². The number of hydrogen-bond donors (Lipinski definition) is 4. The van der Waals surface area contributed by atoms with Crippen LogP contribution in [0, 0.1) is 0 Å². The number of H-pyrrole nitrogens is 2. The molecule has 4 N–H and O–H groups in total. The molecule has 2 heterocycles. The van der Waals surface area contributed by atoms with Gasteiger partial charge < -0.3 is 20.6 Å². The summed E-state index contributed by atoms with van der Waals surface area (Å²) < 4.78 is 0. The molecule has 14 heavy (non-hydrogen) atoms. The van der Waals surface area contributed by atoms with Gasteiger partial charge in [0.05, 0.1) is 0 Å². The fourth-order valence-corrected chi connectivity index (χ4v) is 1.09. The molecular formula is C8H12N6. The molecule has 0 amide bonds. The standard InChI is InChI=1S/C8H12N6/c1-2-10-7(9-1)13-5-6-14-8-11-3-4-12-8/h1-4H,5-6H2,(H2,9,10,13)(H2,11,12,14). The second-order valence-corrected chi connectivity index (χ2v) is 2.73. The molecule has 0 radical (unpaired) electrons. The van der Waals surface area contributed by atoms with Crippen LogP contribution in [0.15, 0.2) is 24.8 Å². The summed E-state index contributed by atoms with van der Waals surface area (Å²) in [7, 11) is 0. The first-order chi connectivity index (χ1) is 6.95. The van der Waals surface area contributed by atoms with Gasteiger partial charge in [-0.15, -0.1) is 0 Å². The maximum absolute atomic E-state index is 4.03. The molecule has 0 saturated heterocycles. The Balaban J connectivity index is 1.65. The minimum Gasteiger partial charge on any atom is -0.354 e. The van der Waals surface area contributed by atoms with E-state index in [9.17, 15) is 0 Å². The van der Waals surface area contributed by atoms with Crippen LogP contribution < -0.4 is 10.6 Å². The lowest BCUT2D eigenvalue weighted by molar-refractivity contribution is 1.03. The predicted octanol–water partition coefficient (Wildman–Crippen LogP) is 0.657. The number of anilines is 2. The van der Waals surface area contributed by atoms with E-state index < -0.39 is 0 Å². The molecule has 6 nitrogen and oxygen atoms in total. The topological polar surface area (TPSA) is 81.4 Å². The van der Waals surface area contributed by atoms with Gasteiger partial charge in [-0.05, 0) is 0 Å². The molecule has 0 spiro atoms. The van der Waals surface area contributed by atoms with Crippen LogP contribution in [0.3, 0.4) is 0 Å². The van der Waals surface area contributed by atoms with Gasteiger partial charge in [0.2, 0.25) is 0 Å². The van der Waals surface area contributed by atoms with Crippen molar-refractivity contribution in [3.8, 4) is 0 Å². The molecule has 2 aromatic rings. The zero-order chi connectivity index (χ0) is 9.64. The molecule has 0 fully saturated rings. The van der Waals surface area contributed by atoms with Crippen LogP contribution in [0.5, 0.6) is 0 Å². The summed E-state index contributed by atoms with van der Waals surface area (Å²) in [5, 5.41) is 6.23. The van der Waals surface area contributed by atoms with Crippen molar-refractivity contribution in [2.45, 2.75) is 0 Å². The molecule has 0 aliphatic heterocycles.